The molecule has 0 aromatic rings. The van der Waals surface area contributed by atoms with Gasteiger partial charge in [0.1, 0.15) is 6.04 Å². The van der Waals surface area contributed by atoms with Crippen molar-refractivity contribution in [3.05, 3.63) is 25.3 Å². The maximum atomic E-state index is 14.2. The number of amides is 2. The number of rotatable bonds is 12. The lowest BCUT2D eigenvalue weighted by Gasteiger charge is -2.41. The highest BCUT2D eigenvalue weighted by atomic mass is 32.2. The molecule has 3 aliphatic heterocycles. The van der Waals surface area contributed by atoms with Crippen LogP contribution < -0.4 is 0 Å². The zero-order valence-electron chi connectivity index (χ0n) is 20.7. The van der Waals surface area contributed by atoms with Crippen molar-refractivity contribution < 1.29 is 24.2 Å². The Balaban J connectivity index is 1.58. The molecule has 1 aliphatic carbocycles. The minimum absolute atomic E-state index is 0.00117. The van der Waals surface area contributed by atoms with Crippen LogP contribution in [-0.4, -0.2) is 81.1 Å². The van der Waals surface area contributed by atoms with Crippen molar-refractivity contribution in [1.82, 2.24) is 9.80 Å². The van der Waals surface area contributed by atoms with Crippen molar-refractivity contribution in [3.63, 3.8) is 0 Å². The van der Waals surface area contributed by atoms with Crippen LogP contribution in [0.25, 0.3) is 0 Å². The summed E-state index contributed by atoms with van der Waals surface area (Å²) >= 11 is 1.65. The SMILES string of the molecule is C=CCCCCOC(=O)[C@@H]1[C@H]2C(=O)N(CCO)C(C(=O)N(CC=C)C3CCCCC3)C23CC[C@H]1S3. The number of allylic oxidation sites excluding steroid dienone is 1. The zero-order chi connectivity index (χ0) is 25.0. The number of carbonyl (C=O) groups is 3. The molecule has 0 radical (unpaired) electrons. The number of carbonyl (C=O) groups excluding carboxylic acids is 3. The summed E-state index contributed by atoms with van der Waals surface area (Å²) in [5.41, 5.74) is 0. The second-order valence-electron chi connectivity index (χ2n) is 10.3. The third kappa shape index (κ3) is 4.80. The van der Waals surface area contributed by atoms with Gasteiger partial charge in [0.05, 0.1) is 29.8 Å². The summed E-state index contributed by atoms with van der Waals surface area (Å²) in [5, 5.41) is 9.79. The Labute approximate surface area is 213 Å². The van der Waals surface area contributed by atoms with Crippen LogP contribution in [0.2, 0.25) is 0 Å². The van der Waals surface area contributed by atoms with Crippen LogP contribution in [0, 0.1) is 11.8 Å². The maximum Gasteiger partial charge on any atom is 0.310 e. The van der Waals surface area contributed by atoms with Crippen molar-refractivity contribution in [2.24, 2.45) is 11.8 Å². The molecule has 0 aromatic heterocycles. The normalized spacial score (nSPS) is 31.9. The summed E-state index contributed by atoms with van der Waals surface area (Å²) < 4.78 is 5.00. The molecule has 4 aliphatic rings. The van der Waals surface area contributed by atoms with Gasteiger partial charge in [-0.05, 0) is 44.9 Å². The Morgan fingerprint density at radius 2 is 1.94 bits per heavy atom. The second kappa shape index (κ2) is 11.5. The van der Waals surface area contributed by atoms with Crippen LogP contribution in [-0.2, 0) is 19.1 Å². The van der Waals surface area contributed by atoms with Gasteiger partial charge in [-0.1, -0.05) is 31.4 Å². The van der Waals surface area contributed by atoms with Gasteiger partial charge in [-0.2, -0.15) is 0 Å². The molecule has 35 heavy (non-hydrogen) atoms. The summed E-state index contributed by atoms with van der Waals surface area (Å²) in [6.45, 7) is 8.28. The van der Waals surface area contributed by atoms with E-state index in [-0.39, 0.29) is 42.2 Å². The summed E-state index contributed by atoms with van der Waals surface area (Å²) in [6, 6.07) is -0.509. The monoisotopic (exact) mass is 504 g/mol. The van der Waals surface area contributed by atoms with Gasteiger partial charge >= 0.3 is 5.97 Å². The summed E-state index contributed by atoms with van der Waals surface area (Å²) in [4.78, 5) is 44.6. The zero-order valence-corrected chi connectivity index (χ0v) is 21.6. The fourth-order valence-electron chi connectivity index (χ4n) is 6.82. The number of aliphatic hydroxyl groups is 1. The largest absolute Gasteiger partial charge is 0.465 e. The molecule has 1 N–H and O–H groups in total. The standard InChI is InChI=1S/C27H40N2O5S/c1-3-5-6-10-18-34-26(33)21-20-13-14-27(35-20)22(21)24(31)29(16-17-30)23(27)25(32)28(15-4-2)19-11-8-7-9-12-19/h3-4,19-23,30H,1-2,5-18H2/t20-,21+,22+,23?,27?/m1/s1. The quantitative estimate of drug-likeness (QED) is 0.249. The van der Waals surface area contributed by atoms with E-state index in [1.54, 1.807) is 22.7 Å². The van der Waals surface area contributed by atoms with Gasteiger partial charge in [-0.3, -0.25) is 14.4 Å². The molecule has 8 heteroatoms. The lowest BCUT2D eigenvalue weighted by Crippen LogP contribution is -2.57. The van der Waals surface area contributed by atoms with Gasteiger partial charge in [-0.15, -0.1) is 24.9 Å². The first kappa shape index (κ1) is 26.3. The molecule has 0 aromatic carbocycles. The van der Waals surface area contributed by atoms with E-state index in [0.717, 1.165) is 57.8 Å². The first-order valence-electron chi connectivity index (χ1n) is 13.3. The van der Waals surface area contributed by atoms with E-state index in [1.165, 1.54) is 6.42 Å². The van der Waals surface area contributed by atoms with E-state index in [1.807, 2.05) is 11.0 Å². The second-order valence-corrected chi connectivity index (χ2v) is 11.9. The Kier molecular flexibility index (Phi) is 8.63. The highest BCUT2D eigenvalue weighted by Crippen LogP contribution is 2.66. The number of aliphatic hydroxyl groups excluding tert-OH is 1. The number of unbranched alkanes of at least 4 members (excludes halogenated alkanes) is 2. The van der Waals surface area contributed by atoms with E-state index in [0.29, 0.717) is 13.2 Å². The predicted molar refractivity (Wildman–Crippen MR) is 137 cm³/mol. The van der Waals surface area contributed by atoms with Gasteiger partial charge in [0.25, 0.3) is 0 Å². The van der Waals surface area contributed by atoms with Gasteiger partial charge in [0.15, 0.2) is 0 Å². The number of likely N-dealkylation sites (tertiary alicyclic amines) is 1. The number of nitrogens with zero attached hydrogens (tertiary/aromatic N) is 2. The molecule has 2 unspecified atom stereocenters. The van der Waals surface area contributed by atoms with Crippen LogP contribution in [0.15, 0.2) is 25.3 Å². The third-order valence-corrected chi connectivity index (χ3v) is 10.3. The Hall–Kier alpha value is -1.80. The molecule has 194 valence electrons. The first-order valence-corrected chi connectivity index (χ1v) is 14.2. The van der Waals surface area contributed by atoms with Crippen LogP contribution >= 0.6 is 11.8 Å². The average Bonchev–Trinajstić information content (AvgIpc) is 3.50. The molecule has 7 nitrogen and oxygen atoms in total. The molecule has 1 saturated carbocycles. The first-order chi connectivity index (χ1) is 17.0. The number of esters is 1. The van der Waals surface area contributed by atoms with Crippen molar-refractivity contribution in [3.8, 4) is 0 Å². The van der Waals surface area contributed by atoms with Crippen molar-refractivity contribution in [2.75, 3.05) is 26.3 Å². The van der Waals surface area contributed by atoms with Gasteiger partial charge in [0, 0.05) is 24.4 Å². The smallest absolute Gasteiger partial charge is 0.310 e. The summed E-state index contributed by atoms with van der Waals surface area (Å²) in [6.07, 6.45) is 13.0. The lowest BCUT2D eigenvalue weighted by atomic mass is 9.71. The van der Waals surface area contributed by atoms with Crippen LogP contribution in [0.4, 0.5) is 0 Å². The maximum absolute atomic E-state index is 14.2. The van der Waals surface area contributed by atoms with Gasteiger partial charge in [0.2, 0.25) is 11.8 Å². The number of fused-ring (bicyclic) bond motifs is 1. The highest BCUT2D eigenvalue weighted by Gasteiger charge is 2.74. The minimum Gasteiger partial charge on any atom is -0.465 e. The van der Waals surface area contributed by atoms with E-state index in [9.17, 15) is 19.5 Å². The number of ether oxygens (including phenoxy) is 1. The van der Waals surface area contributed by atoms with E-state index in [2.05, 4.69) is 13.2 Å². The number of β-amino-alcohol motifs (C(OH)–C–C–N with tert-alkyl or cyclic N) is 1. The van der Waals surface area contributed by atoms with Gasteiger partial charge < -0.3 is 19.6 Å². The van der Waals surface area contributed by atoms with Crippen molar-refractivity contribution >= 4 is 29.5 Å². The summed E-state index contributed by atoms with van der Waals surface area (Å²) in [5.74, 6) is -1.63. The molecule has 4 rings (SSSR count). The van der Waals surface area contributed by atoms with Crippen LogP contribution in [0.1, 0.15) is 64.2 Å². The van der Waals surface area contributed by atoms with E-state index >= 15 is 0 Å². The Bertz CT molecular complexity index is 828. The average molecular weight is 505 g/mol. The lowest BCUT2D eigenvalue weighted by molar-refractivity contribution is -0.154. The molecule has 2 amide bonds. The molecule has 2 bridgehead atoms. The Morgan fingerprint density at radius 3 is 2.63 bits per heavy atom. The van der Waals surface area contributed by atoms with E-state index in [4.69, 9.17) is 4.74 Å². The number of hydrogen-bond donors (Lipinski definition) is 1. The fraction of sp³-hybridized carbons (Fsp3) is 0.741. The number of hydrogen-bond acceptors (Lipinski definition) is 6. The van der Waals surface area contributed by atoms with Crippen LogP contribution in [0.3, 0.4) is 0 Å². The molecule has 3 heterocycles. The topological polar surface area (TPSA) is 87.1 Å². The van der Waals surface area contributed by atoms with Crippen molar-refractivity contribution in [1.29, 1.82) is 0 Å². The van der Waals surface area contributed by atoms with Gasteiger partial charge in [-0.25, -0.2) is 0 Å². The number of thioether (sulfide) groups is 1. The fourth-order valence-corrected chi connectivity index (χ4v) is 9.02. The van der Waals surface area contributed by atoms with E-state index < -0.39 is 22.6 Å². The molecule has 4 fully saturated rings. The van der Waals surface area contributed by atoms with Crippen molar-refractivity contribution in [2.45, 2.75) is 86.3 Å². The molecule has 1 spiro atoms. The minimum atomic E-state index is -0.658. The Morgan fingerprint density at radius 1 is 1.17 bits per heavy atom. The molecule has 5 atom stereocenters. The predicted octanol–water partition coefficient (Wildman–Crippen LogP) is 3.32. The van der Waals surface area contributed by atoms with Crippen LogP contribution in [0.5, 0.6) is 0 Å². The highest BCUT2D eigenvalue weighted by molar-refractivity contribution is 8.02. The molecular weight excluding hydrogens is 464 g/mol. The third-order valence-electron chi connectivity index (χ3n) is 8.32. The molecular formula is C27H40N2O5S. The summed E-state index contributed by atoms with van der Waals surface area (Å²) in [7, 11) is 0. The molecule has 3 saturated heterocycles.